The van der Waals surface area contributed by atoms with Crippen molar-refractivity contribution in [3.8, 4) is 0 Å². The summed E-state index contributed by atoms with van der Waals surface area (Å²) in [6.45, 7) is 6.14. The van der Waals surface area contributed by atoms with Crippen LogP contribution < -0.4 is 10.9 Å². The largest absolute Gasteiger partial charge is 0.317 e. The zero-order valence-electron chi connectivity index (χ0n) is 9.92. The predicted molar refractivity (Wildman–Crippen MR) is 63.8 cm³/mol. The van der Waals surface area contributed by atoms with Crippen molar-refractivity contribution < 1.29 is 0 Å². The van der Waals surface area contributed by atoms with Crippen molar-refractivity contribution in [1.29, 1.82) is 0 Å². The van der Waals surface area contributed by atoms with E-state index >= 15 is 0 Å². The summed E-state index contributed by atoms with van der Waals surface area (Å²) in [6, 6.07) is 1.65. The fourth-order valence-corrected chi connectivity index (χ4v) is 2.10. The number of nitrogens with zero attached hydrogens (tertiary/aromatic N) is 1. The first-order valence-electron chi connectivity index (χ1n) is 5.98. The van der Waals surface area contributed by atoms with Crippen LogP contribution in [0.2, 0.25) is 0 Å². The number of nitrogens with one attached hydrogen (secondary N) is 2. The number of hydrogen-bond donors (Lipinski definition) is 2. The minimum Gasteiger partial charge on any atom is -0.317 e. The zero-order chi connectivity index (χ0) is 11.5. The van der Waals surface area contributed by atoms with Gasteiger partial charge in [-0.25, -0.2) is 4.98 Å². The minimum absolute atomic E-state index is 0.0211. The molecule has 0 atom stereocenters. The topological polar surface area (TPSA) is 57.8 Å². The van der Waals surface area contributed by atoms with E-state index in [2.05, 4.69) is 15.3 Å². The molecule has 0 aromatic carbocycles. The average molecular weight is 221 g/mol. The summed E-state index contributed by atoms with van der Waals surface area (Å²) in [6.07, 6.45) is 2.15. The van der Waals surface area contributed by atoms with Gasteiger partial charge in [-0.1, -0.05) is 13.8 Å². The molecule has 0 unspecified atom stereocenters. The first-order valence-corrected chi connectivity index (χ1v) is 5.98. The summed E-state index contributed by atoms with van der Waals surface area (Å²) in [5.74, 6) is 1.52. The van der Waals surface area contributed by atoms with Crippen LogP contribution in [0.1, 0.15) is 50.0 Å². The lowest BCUT2D eigenvalue weighted by Crippen LogP contribution is -2.28. The van der Waals surface area contributed by atoms with Gasteiger partial charge in [0.1, 0.15) is 5.82 Å². The number of aromatic amines is 1. The van der Waals surface area contributed by atoms with Crippen molar-refractivity contribution in [2.75, 3.05) is 13.1 Å². The lowest BCUT2D eigenvalue weighted by molar-refractivity contribution is 0.450. The molecule has 2 N–H and O–H groups in total. The van der Waals surface area contributed by atoms with Gasteiger partial charge in [-0.05, 0) is 25.9 Å². The van der Waals surface area contributed by atoms with Gasteiger partial charge in [0.2, 0.25) is 0 Å². The van der Waals surface area contributed by atoms with Crippen LogP contribution >= 0.6 is 0 Å². The highest BCUT2D eigenvalue weighted by Crippen LogP contribution is 2.23. The number of aromatic nitrogens is 2. The Hall–Kier alpha value is -1.16. The second-order valence-electron chi connectivity index (χ2n) is 4.73. The Morgan fingerprint density at radius 2 is 2.06 bits per heavy atom. The molecular formula is C12H19N3O. The van der Waals surface area contributed by atoms with Crippen LogP contribution in [0.5, 0.6) is 0 Å². The molecule has 4 heteroatoms. The van der Waals surface area contributed by atoms with E-state index in [1.54, 1.807) is 6.07 Å². The zero-order valence-corrected chi connectivity index (χ0v) is 9.92. The quantitative estimate of drug-likeness (QED) is 0.792. The summed E-state index contributed by atoms with van der Waals surface area (Å²) in [4.78, 5) is 18.9. The Morgan fingerprint density at radius 3 is 2.69 bits per heavy atom. The molecule has 2 heterocycles. The monoisotopic (exact) mass is 221 g/mol. The third-order valence-corrected chi connectivity index (χ3v) is 3.08. The van der Waals surface area contributed by atoms with Crippen molar-refractivity contribution in [2.45, 2.75) is 38.5 Å². The number of rotatable bonds is 2. The van der Waals surface area contributed by atoms with E-state index in [4.69, 9.17) is 0 Å². The van der Waals surface area contributed by atoms with E-state index in [9.17, 15) is 4.79 Å². The van der Waals surface area contributed by atoms with Crippen LogP contribution in [0.3, 0.4) is 0 Å². The van der Waals surface area contributed by atoms with Crippen molar-refractivity contribution in [3.63, 3.8) is 0 Å². The SMILES string of the molecule is CC(C)c1nc(C2CCNCC2)cc(=O)[nH]1. The highest BCUT2D eigenvalue weighted by atomic mass is 16.1. The third-order valence-electron chi connectivity index (χ3n) is 3.08. The smallest absolute Gasteiger partial charge is 0.251 e. The maximum Gasteiger partial charge on any atom is 0.251 e. The Balaban J connectivity index is 2.29. The van der Waals surface area contributed by atoms with Crippen LogP contribution in [0.15, 0.2) is 10.9 Å². The van der Waals surface area contributed by atoms with Crippen molar-refractivity contribution >= 4 is 0 Å². The van der Waals surface area contributed by atoms with Gasteiger partial charge in [0.25, 0.3) is 5.56 Å². The maximum absolute atomic E-state index is 11.5. The molecule has 0 amide bonds. The Morgan fingerprint density at radius 1 is 1.38 bits per heavy atom. The predicted octanol–water partition coefficient (Wildman–Crippen LogP) is 1.36. The highest BCUT2D eigenvalue weighted by Gasteiger charge is 2.18. The first-order chi connectivity index (χ1) is 7.66. The molecule has 16 heavy (non-hydrogen) atoms. The summed E-state index contributed by atoms with van der Waals surface area (Å²) in [5.41, 5.74) is 0.946. The van der Waals surface area contributed by atoms with E-state index in [-0.39, 0.29) is 11.5 Å². The second kappa shape index (κ2) is 4.78. The molecule has 0 radical (unpaired) electrons. The average Bonchev–Trinajstić information content (AvgIpc) is 2.29. The van der Waals surface area contributed by atoms with E-state index in [1.165, 1.54) is 0 Å². The summed E-state index contributed by atoms with van der Waals surface area (Å²) in [7, 11) is 0. The lowest BCUT2D eigenvalue weighted by Gasteiger charge is -2.22. The Bertz CT molecular complexity index is 405. The van der Waals surface area contributed by atoms with Crippen LogP contribution in [-0.2, 0) is 0 Å². The summed E-state index contributed by atoms with van der Waals surface area (Å²) < 4.78 is 0. The van der Waals surface area contributed by atoms with E-state index in [0.29, 0.717) is 5.92 Å². The fourth-order valence-electron chi connectivity index (χ4n) is 2.10. The van der Waals surface area contributed by atoms with E-state index in [0.717, 1.165) is 37.4 Å². The van der Waals surface area contributed by atoms with Crippen LogP contribution in [-0.4, -0.2) is 23.1 Å². The molecule has 0 bridgehead atoms. The molecule has 1 saturated heterocycles. The third kappa shape index (κ3) is 2.50. The van der Waals surface area contributed by atoms with Crippen molar-refractivity contribution in [1.82, 2.24) is 15.3 Å². The van der Waals surface area contributed by atoms with Gasteiger partial charge in [0, 0.05) is 17.9 Å². The van der Waals surface area contributed by atoms with Gasteiger partial charge < -0.3 is 10.3 Å². The molecule has 0 saturated carbocycles. The van der Waals surface area contributed by atoms with Crippen LogP contribution in [0.25, 0.3) is 0 Å². The van der Waals surface area contributed by atoms with E-state index in [1.807, 2.05) is 13.8 Å². The molecule has 1 aliphatic rings. The van der Waals surface area contributed by atoms with Gasteiger partial charge in [-0.3, -0.25) is 4.79 Å². The Kier molecular flexibility index (Phi) is 3.39. The molecule has 1 aliphatic heterocycles. The fraction of sp³-hybridized carbons (Fsp3) is 0.667. The molecule has 0 spiro atoms. The van der Waals surface area contributed by atoms with Gasteiger partial charge in [0.05, 0.1) is 5.69 Å². The van der Waals surface area contributed by atoms with Gasteiger partial charge in [0.15, 0.2) is 0 Å². The van der Waals surface area contributed by atoms with Gasteiger partial charge in [-0.15, -0.1) is 0 Å². The summed E-state index contributed by atoms with van der Waals surface area (Å²) in [5, 5.41) is 3.32. The number of H-pyrrole nitrogens is 1. The lowest BCUT2D eigenvalue weighted by atomic mass is 9.94. The molecule has 1 fully saturated rings. The molecular weight excluding hydrogens is 202 g/mol. The molecule has 4 nitrogen and oxygen atoms in total. The second-order valence-corrected chi connectivity index (χ2v) is 4.73. The molecule has 88 valence electrons. The normalized spacial score (nSPS) is 17.9. The van der Waals surface area contributed by atoms with Crippen LogP contribution in [0, 0.1) is 0 Å². The molecule has 1 aromatic rings. The molecule has 0 aliphatic carbocycles. The number of piperidine rings is 1. The van der Waals surface area contributed by atoms with Crippen molar-refractivity contribution in [2.24, 2.45) is 0 Å². The van der Waals surface area contributed by atoms with Crippen molar-refractivity contribution in [3.05, 3.63) is 27.9 Å². The summed E-state index contributed by atoms with van der Waals surface area (Å²) >= 11 is 0. The Labute approximate surface area is 95.5 Å². The molecule has 2 rings (SSSR count). The van der Waals surface area contributed by atoms with Crippen LogP contribution in [0.4, 0.5) is 0 Å². The standard InChI is InChI=1S/C12H19N3O/c1-8(2)12-14-10(7-11(16)15-12)9-3-5-13-6-4-9/h7-9,13H,3-6H2,1-2H3,(H,14,15,16). The minimum atomic E-state index is -0.0211. The highest BCUT2D eigenvalue weighted by molar-refractivity contribution is 5.11. The van der Waals surface area contributed by atoms with E-state index < -0.39 is 0 Å². The molecule has 1 aromatic heterocycles. The first kappa shape index (κ1) is 11.3. The van der Waals surface area contributed by atoms with Gasteiger partial charge in [-0.2, -0.15) is 0 Å². The van der Waals surface area contributed by atoms with Gasteiger partial charge >= 0.3 is 0 Å². The maximum atomic E-state index is 11.5. The number of hydrogen-bond acceptors (Lipinski definition) is 3.